The molecule has 3 fully saturated rings. The molecular formula is C21H34O6Si. The van der Waals surface area contributed by atoms with E-state index in [0.29, 0.717) is 19.6 Å². The normalized spacial score (nSPS) is 44.1. The summed E-state index contributed by atoms with van der Waals surface area (Å²) >= 11 is 0. The lowest BCUT2D eigenvalue weighted by Crippen LogP contribution is -2.66. The fourth-order valence-electron chi connectivity index (χ4n) is 5.75. The van der Waals surface area contributed by atoms with Crippen LogP contribution in [0.2, 0.25) is 25.7 Å². The van der Waals surface area contributed by atoms with Gasteiger partial charge in [0.05, 0.1) is 32.0 Å². The van der Waals surface area contributed by atoms with Gasteiger partial charge in [-0.25, -0.2) is 4.79 Å². The molecule has 1 unspecified atom stereocenters. The van der Waals surface area contributed by atoms with Crippen molar-refractivity contribution in [3.63, 3.8) is 0 Å². The summed E-state index contributed by atoms with van der Waals surface area (Å²) in [5.41, 5.74) is -0.196. The maximum Gasteiger partial charge on any atom is 0.508 e. The van der Waals surface area contributed by atoms with E-state index in [0.717, 1.165) is 18.9 Å². The van der Waals surface area contributed by atoms with E-state index in [1.165, 1.54) is 5.57 Å². The molecule has 7 heteroatoms. The van der Waals surface area contributed by atoms with Gasteiger partial charge in [0.1, 0.15) is 11.7 Å². The summed E-state index contributed by atoms with van der Waals surface area (Å²) in [4.78, 5) is 12.5. The van der Waals surface area contributed by atoms with Crippen LogP contribution in [0.3, 0.4) is 0 Å². The largest absolute Gasteiger partial charge is 0.508 e. The number of rotatable bonds is 5. The van der Waals surface area contributed by atoms with Crippen molar-refractivity contribution < 1.29 is 28.8 Å². The number of allylic oxidation sites excluding steroid dienone is 1. The molecule has 2 heterocycles. The number of carbonyl (C=O) groups excluding carboxylic acids is 1. The molecule has 2 aliphatic carbocycles. The Morgan fingerprint density at radius 3 is 2.71 bits per heavy atom. The summed E-state index contributed by atoms with van der Waals surface area (Å²) in [5.74, 6) is 0. The average molecular weight is 411 g/mol. The van der Waals surface area contributed by atoms with Crippen LogP contribution < -0.4 is 0 Å². The summed E-state index contributed by atoms with van der Waals surface area (Å²) in [6.45, 7) is 12.0. The number of aliphatic hydroxyl groups excluding tert-OH is 1. The second-order valence-electron chi connectivity index (χ2n) is 10.5. The molecule has 2 aliphatic heterocycles. The highest BCUT2D eigenvalue weighted by molar-refractivity contribution is 6.76. The summed E-state index contributed by atoms with van der Waals surface area (Å²) < 4.78 is 23.7. The van der Waals surface area contributed by atoms with Gasteiger partial charge in [-0.1, -0.05) is 38.2 Å². The van der Waals surface area contributed by atoms with Crippen LogP contribution in [0.1, 0.15) is 33.1 Å². The predicted octanol–water partition coefficient (Wildman–Crippen LogP) is 3.51. The Bertz CT molecular complexity index is 681. The van der Waals surface area contributed by atoms with Gasteiger partial charge in [0.2, 0.25) is 0 Å². The first-order chi connectivity index (χ1) is 13.1. The molecule has 6 atom stereocenters. The van der Waals surface area contributed by atoms with Crippen LogP contribution in [0.5, 0.6) is 0 Å². The first-order valence-corrected chi connectivity index (χ1v) is 14.2. The maximum absolute atomic E-state index is 12.5. The summed E-state index contributed by atoms with van der Waals surface area (Å²) in [5, 5.41) is 10.6. The number of aliphatic hydroxyl groups is 1. The third-order valence-electron chi connectivity index (χ3n) is 7.81. The molecule has 0 aromatic rings. The summed E-state index contributed by atoms with van der Waals surface area (Å²) in [6.07, 6.45) is 3.15. The monoisotopic (exact) mass is 410 g/mol. The van der Waals surface area contributed by atoms with Gasteiger partial charge in [0, 0.05) is 25.3 Å². The van der Waals surface area contributed by atoms with Crippen molar-refractivity contribution in [1.29, 1.82) is 0 Å². The quantitative estimate of drug-likeness (QED) is 0.323. The van der Waals surface area contributed by atoms with Gasteiger partial charge in [0.15, 0.2) is 0 Å². The van der Waals surface area contributed by atoms with Crippen LogP contribution in [0.25, 0.3) is 0 Å². The minimum Gasteiger partial charge on any atom is -0.435 e. The highest BCUT2D eigenvalue weighted by atomic mass is 28.3. The van der Waals surface area contributed by atoms with Crippen LogP contribution in [0.15, 0.2) is 11.6 Å². The zero-order valence-electron chi connectivity index (χ0n) is 17.7. The standard InChI is InChI=1S/C21H34O6Si/c1-14-6-7-20(12-22)16(10-14)26-17-11-15(19(20,2)21(17)13-25-21)27-18(23)24-8-9-28(3,4)5/h10,15-17,22H,6-9,11-13H2,1-5H3/t15-,16-,17-,19-,20-,21?/m1/s1. The lowest BCUT2D eigenvalue weighted by atomic mass is 9.51. The molecule has 4 aliphatic rings. The molecule has 1 spiro atoms. The molecule has 1 N–H and O–H groups in total. The van der Waals surface area contributed by atoms with Gasteiger partial charge in [-0.2, -0.15) is 0 Å². The smallest absolute Gasteiger partial charge is 0.435 e. The SMILES string of the molecule is CC1=C[C@H]2O[C@@H]3C[C@@H](OC(=O)OCC[Si](C)(C)C)[C@@](C)(C34CO4)[C@@]2(CO)CC1. The van der Waals surface area contributed by atoms with Crippen molar-refractivity contribution in [3.8, 4) is 0 Å². The minimum absolute atomic E-state index is 0.0136. The minimum atomic E-state index is -1.28. The first kappa shape index (κ1) is 20.4. The molecule has 6 nitrogen and oxygen atoms in total. The van der Waals surface area contributed by atoms with Gasteiger partial charge < -0.3 is 24.1 Å². The molecule has 2 bridgehead atoms. The van der Waals surface area contributed by atoms with Gasteiger partial charge in [0.25, 0.3) is 0 Å². The van der Waals surface area contributed by atoms with Crippen molar-refractivity contribution in [2.45, 2.75) is 82.7 Å². The topological polar surface area (TPSA) is 77.5 Å². The number of ether oxygens (including phenoxy) is 4. The Labute approximate surface area is 168 Å². The van der Waals surface area contributed by atoms with Gasteiger partial charge >= 0.3 is 6.16 Å². The Morgan fingerprint density at radius 1 is 1.39 bits per heavy atom. The van der Waals surface area contributed by atoms with Crippen LogP contribution in [-0.2, 0) is 18.9 Å². The number of hydrogen-bond acceptors (Lipinski definition) is 6. The number of epoxide rings is 1. The molecule has 158 valence electrons. The van der Waals surface area contributed by atoms with E-state index in [2.05, 4.69) is 39.6 Å². The van der Waals surface area contributed by atoms with Crippen LogP contribution >= 0.6 is 0 Å². The second-order valence-corrected chi connectivity index (χ2v) is 16.1. The number of hydrogen-bond donors (Lipinski definition) is 1. The van der Waals surface area contributed by atoms with Crippen LogP contribution in [0, 0.1) is 10.8 Å². The van der Waals surface area contributed by atoms with Crippen molar-refractivity contribution in [2.75, 3.05) is 19.8 Å². The van der Waals surface area contributed by atoms with Crippen molar-refractivity contribution >= 4 is 14.2 Å². The molecule has 28 heavy (non-hydrogen) atoms. The number of carbonyl (C=O) groups is 1. The lowest BCUT2D eigenvalue weighted by molar-refractivity contribution is -0.226. The lowest BCUT2D eigenvalue weighted by Gasteiger charge is -2.58. The fourth-order valence-corrected chi connectivity index (χ4v) is 6.47. The highest BCUT2D eigenvalue weighted by Gasteiger charge is 2.82. The van der Waals surface area contributed by atoms with Crippen molar-refractivity contribution in [2.24, 2.45) is 10.8 Å². The second kappa shape index (κ2) is 6.55. The molecule has 0 aromatic heterocycles. The van der Waals surface area contributed by atoms with Crippen LogP contribution in [-0.4, -0.2) is 63.1 Å². The van der Waals surface area contributed by atoms with E-state index in [-0.39, 0.29) is 24.9 Å². The van der Waals surface area contributed by atoms with E-state index >= 15 is 0 Å². The molecule has 0 aromatic carbocycles. The zero-order chi connectivity index (χ0) is 20.4. The third-order valence-corrected chi connectivity index (χ3v) is 9.51. The molecule has 1 saturated carbocycles. The maximum atomic E-state index is 12.5. The van der Waals surface area contributed by atoms with Crippen molar-refractivity contribution in [1.82, 2.24) is 0 Å². The molecule has 0 amide bonds. The Morgan fingerprint density at radius 2 is 2.11 bits per heavy atom. The van der Waals surface area contributed by atoms with E-state index in [1.54, 1.807) is 0 Å². The van der Waals surface area contributed by atoms with Crippen LogP contribution in [0.4, 0.5) is 4.79 Å². The average Bonchev–Trinajstić information content (AvgIpc) is 3.37. The Kier molecular flexibility index (Phi) is 4.77. The predicted molar refractivity (Wildman–Crippen MR) is 107 cm³/mol. The Balaban J connectivity index is 1.56. The zero-order valence-corrected chi connectivity index (χ0v) is 18.7. The van der Waals surface area contributed by atoms with Crippen molar-refractivity contribution in [3.05, 3.63) is 11.6 Å². The first-order valence-electron chi connectivity index (χ1n) is 10.5. The van der Waals surface area contributed by atoms with Gasteiger partial charge in [-0.05, 0) is 25.8 Å². The number of fused-ring (bicyclic) bond motifs is 2. The highest BCUT2D eigenvalue weighted by Crippen LogP contribution is 2.71. The summed E-state index contributed by atoms with van der Waals surface area (Å²) in [6, 6.07) is 0.912. The molecule has 2 saturated heterocycles. The van der Waals surface area contributed by atoms with E-state index in [9.17, 15) is 9.90 Å². The fraction of sp³-hybridized carbons (Fsp3) is 0.857. The molecule has 0 radical (unpaired) electrons. The van der Waals surface area contributed by atoms with E-state index in [1.807, 2.05) is 0 Å². The van der Waals surface area contributed by atoms with E-state index in [4.69, 9.17) is 18.9 Å². The third kappa shape index (κ3) is 2.81. The molecule has 4 rings (SSSR count). The van der Waals surface area contributed by atoms with Gasteiger partial charge in [-0.3, -0.25) is 0 Å². The van der Waals surface area contributed by atoms with E-state index < -0.39 is 30.7 Å². The summed E-state index contributed by atoms with van der Waals surface area (Å²) in [7, 11) is -1.28. The van der Waals surface area contributed by atoms with Gasteiger partial charge in [-0.15, -0.1) is 0 Å². The molecular weight excluding hydrogens is 376 g/mol. The Hall–Kier alpha value is -0.893.